The van der Waals surface area contributed by atoms with Gasteiger partial charge in [0.1, 0.15) is 5.82 Å². The van der Waals surface area contributed by atoms with Crippen molar-refractivity contribution in [3.05, 3.63) is 35.1 Å². The van der Waals surface area contributed by atoms with Crippen LogP contribution in [0.4, 0.5) is 4.39 Å². The molecule has 1 N–H and O–H groups in total. The molecule has 0 bridgehead atoms. The highest BCUT2D eigenvalue weighted by Gasteiger charge is 2.10. The maximum atomic E-state index is 13.2. The molecule has 1 aromatic rings. The van der Waals surface area contributed by atoms with E-state index in [0.29, 0.717) is 0 Å². The number of hydrogen-bond acceptors (Lipinski definition) is 2. The lowest BCUT2D eigenvalue weighted by Gasteiger charge is -2.27. The Bertz CT molecular complexity index is 359. The molecule has 0 spiro atoms. The van der Waals surface area contributed by atoms with E-state index in [9.17, 15) is 4.39 Å². The second-order valence-electron chi connectivity index (χ2n) is 4.61. The Morgan fingerprint density at radius 3 is 2.71 bits per heavy atom. The molecule has 0 aliphatic carbocycles. The lowest BCUT2D eigenvalue weighted by molar-refractivity contribution is 0.243. The third-order valence-electron chi connectivity index (χ3n) is 3.46. The molecular formula is C14H21FN2. The predicted molar refractivity (Wildman–Crippen MR) is 68.8 cm³/mol. The molecule has 17 heavy (non-hydrogen) atoms. The molecule has 0 atom stereocenters. The fraction of sp³-hybridized carbons (Fsp3) is 0.571. The molecule has 0 saturated carbocycles. The Morgan fingerprint density at radius 1 is 1.24 bits per heavy atom. The van der Waals surface area contributed by atoms with Crippen molar-refractivity contribution in [1.82, 2.24) is 10.2 Å². The Kier molecular flexibility index (Phi) is 4.51. The minimum absolute atomic E-state index is 0.113. The normalized spacial score (nSPS) is 17.3. The smallest absolute Gasteiger partial charge is 0.123 e. The summed E-state index contributed by atoms with van der Waals surface area (Å²) >= 11 is 0. The third-order valence-corrected chi connectivity index (χ3v) is 3.46. The maximum Gasteiger partial charge on any atom is 0.123 e. The fourth-order valence-corrected chi connectivity index (χ4v) is 2.39. The van der Waals surface area contributed by atoms with Crippen LogP contribution in [0.15, 0.2) is 18.2 Å². The molecular weight excluding hydrogens is 215 g/mol. The van der Waals surface area contributed by atoms with E-state index in [4.69, 9.17) is 0 Å². The van der Waals surface area contributed by atoms with Crippen LogP contribution in [-0.4, -0.2) is 37.6 Å². The number of benzene rings is 1. The molecule has 1 fully saturated rings. The quantitative estimate of drug-likeness (QED) is 0.858. The first-order valence-electron chi connectivity index (χ1n) is 6.50. The van der Waals surface area contributed by atoms with Gasteiger partial charge in [-0.2, -0.15) is 0 Å². The maximum absolute atomic E-state index is 13.2. The molecule has 1 saturated heterocycles. The predicted octanol–water partition coefficient (Wildman–Crippen LogP) is 1.84. The molecule has 1 aromatic carbocycles. The molecule has 0 aromatic heterocycles. The highest BCUT2D eigenvalue weighted by atomic mass is 19.1. The van der Waals surface area contributed by atoms with Gasteiger partial charge in [0.25, 0.3) is 0 Å². The molecule has 1 aliphatic rings. The summed E-state index contributed by atoms with van der Waals surface area (Å²) in [7, 11) is 0. The van der Waals surface area contributed by atoms with Gasteiger partial charge in [0.2, 0.25) is 0 Å². The fourth-order valence-electron chi connectivity index (χ4n) is 2.39. The van der Waals surface area contributed by atoms with Crippen LogP contribution in [0.2, 0.25) is 0 Å². The van der Waals surface area contributed by atoms with Gasteiger partial charge in [-0.25, -0.2) is 4.39 Å². The van der Waals surface area contributed by atoms with E-state index in [0.717, 1.165) is 45.6 Å². The van der Waals surface area contributed by atoms with Crippen LogP contribution in [0.1, 0.15) is 18.1 Å². The lowest BCUT2D eigenvalue weighted by atomic mass is 10.0. The van der Waals surface area contributed by atoms with Gasteiger partial charge in [-0.05, 0) is 36.1 Å². The van der Waals surface area contributed by atoms with Gasteiger partial charge in [0.05, 0.1) is 0 Å². The number of nitrogens with zero attached hydrogens (tertiary/aromatic N) is 1. The lowest BCUT2D eigenvalue weighted by Crippen LogP contribution is -2.44. The van der Waals surface area contributed by atoms with Gasteiger partial charge in [-0.1, -0.05) is 13.0 Å². The molecule has 3 heteroatoms. The van der Waals surface area contributed by atoms with Crippen molar-refractivity contribution in [2.24, 2.45) is 0 Å². The minimum atomic E-state index is -0.113. The van der Waals surface area contributed by atoms with Gasteiger partial charge >= 0.3 is 0 Å². The van der Waals surface area contributed by atoms with Crippen LogP contribution >= 0.6 is 0 Å². The first-order valence-corrected chi connectivity index (χ1v) is 6.50. The zero-order chi connectivity index (χ0) is 12.1. The Morgan fingerprint density at radius 2 is 2.00 bits per heavy atom. The summed E-state index contributed by atoms with van der Waals surface area (Å²) in [6.07, 6.45) is 1.94. The number of nitrogens with one attached hydrogen (secondary N) is 1. The third kappa shape index (κ3) is 3.51. The Balaban J connectivity index is 1.95. The molecule has 1 heterocycles. The molecule has 0 amide bonds. The van der Waals surface area contributed by atoms with Crippen molar-refractivity contribution in [3.63, 3.8) is 0 Å². The SMILES string of the molecule is CCc1ccc(F)cc1CCN1CCNCC1. The van der Waals surface area contributed by atoms with E-state index in [1.54, 1.807) is 12.1 Å². The summed E-state index contributed by atoms with van der Waals surface area (Å²) in [6.45, 7) is 7.53. The largest absolute Gasteiger partial charge is 0.314 e. The van der Waals surface area contributed by atoms with E-state index in [2.05, 4.69) is 17.1 Å². The summed E-state index contributed by atoms with van der Waals surface area (Å²) < 4.78 is 13.2. The number of halogens is 1. The highest BCUT2D eigenvalue weighted by molar-refractivity contribution is 5.28. The van der Waals surface area contributed by atoms with Crippen molar-refractivity contribution >= 4 is 0 Å². The molecule has 2 rings (SSSR count). The average molecular weight is 236 g/mol. The van der Waals surface area contributed by atoms with Gasteiger partial charge in [-0.15, -0.1) is 0 Å². The second kappa shape index (κ2) is 6.12. The number of hydrogen-bond donors (Lipinski definition) is 1. The topological polar surface area (TPSA) is 15.3 Å². The van der Waals surface area contributed by atoms with Crippen LogP contribution in [-0.2, 0) is 12.8 Å². The Hall–Kier alpha value is -0.930. The molecule has 2 nitrogen and oxygen atoms in total. The van der Waals surface area contributed by atoms with Gasteiger partial charge in [0.15, 0.2) is 0 Å². The van der Waals surface area contributed by atoms with Gasteiger partial charge < -0.3 is 10.2 Å². The summed E-state index contributed by atoms with van der Waals surface area (Å²) in [5.41, 5.74) is 2.45. The van der Waals surface area contributed by atoms with Crippen molar-refractivity contribution in [3.8, 4) is 0 Å². The zero-order valence-electron chi connectivity index (χ0n) is 10.5. The van der Waals surface area contributed by atoms with Crippen LogP contribution in [0, 0.1) is 5.82 Å². The summed E-state index contributed by atoms with van der Waals surface area (Å²) in [5.74, 6) is -0.113. The van der Waals surface area contributed by atoms with E-state index in [1.165, 1.54) is 11.1 Å². The Labute approximate surface area is 103 Å². The van der Waals surface area contributed by atoms with Crippen molar-refractivity contribution < 1.29 is 4.39 Å². The van der Waals surface area contributed by atoms with E-state index < -0.39 is 0 Å². The first kappa shape index (κ1) is 12.5. The van der Waals surface area contributed by atoms with E-state index in [1.807, 2.05) is 6.07 Å². The zero-order valence-corrected chi connectivity index (χ0v) is 10.5. The van der Waals surface area contributed by atoms with Crippen LogP contribution in [0.25, 0.3) is 0 Å². The summed E-state index contributed by atoms with van der Waals surface area (Å²) in [4.78, 5) is 2.45. The molecule has 94 valence electrons. The number of piperazine rings is 1. The molecule has 1 aliphatic heterocycles. The molecule has 0 unspecified atom stereocenters. The second-order valence-corrected chi connectivity index (χ2v) is 4.61. The summed E-state index contributed by atoms with van der Waals surface area (Å²) in [6, 6.07) is 5.18. The van der Waals surface area contributed by atoms with Crippen LogP contribution in [0.5, 0.6) is 0 Å². The van der Waals surface area contributed by atoms with E-state index in [-0.39, 0.29) is 5.82 Å². The van der Waals surface area contributed by atoms with Crippen molar-refractivity contribution in [1.29, 1.82) is 0 Å². The van der Waals surface area contributed by atoms with Crippen LogP contribution in [0.3, 0.4) is 0 Å². The average Bonchev–Trinajstić information content (AvgIpc) is 2.38. The van der Waals surface area contributed by atoms with E-state index >= 15 is 0 Å². The summed E-state index contributed by atoms with van der Waals surface area (Å²) in [5, 5.41) is 3.34. The standard InChI is InChI=1S/C14H21FN2/c1-2-12-3-4-14(15)11-13(12)5-8-17-9-6-16-7-10-17/h3-4,11,16H,2,5-10H2,1H3. The van der Waals surface area contributed by atoms with Crippen molar-refractivity contribution in [2.45, 2.75) is 19.8 Å². The monoisotopic (exact) mass is 236 g/mol. The van der Waals surface area contributed by atoms with Crippen LogP contribution < -0.4 is 5.32 Å². The van der Waals surface area contributed by atoms with Crippen molar-refractivity contribution in [2.75, 3.05) is 32.7 Å². The van der Waals surface area contributed by atoms with Gasteiger partial charge in [0, 0.05) is 32.7 Å². The highest BCUT2D eigenvalue weighted by Crippen LogP contribution is 2.13. The molecule has 0 radical (unpaired) electrons. The number of aryl methyl sites for hydroxylation is 1. The minimum Gasteiger partial charge on any atom is -0.314 e. The van der Waals surface area contributed by atoms with Gasteiger partial charge in [-0.3, -0.25) is 0 Å². The number of rotatable bonds is 4. The first-order chi connectivity index (χ1) is 8.29.